The number of aromatic nitrogens is 2. The second-order valence-corrected chi connectivity index (χ2v) is 3.22. The average Bonchev–Trinajstić information content (AvgIpc) is 2.55. The molecule has 11 heavy (non-hydrogen) atoms. The average molecular weight is 151 g/mol. The van der Waals surface area contributed by atoms with Crippen LogP contribution in [0.2, 0.25) is 0 Å². The molecule has 3 heteroatoms. The van der Waals surface area contributed by atoms with Crippen molar-refractivity contribution in [3.8, 4) is 0 Å². The number of anilines is 1. The molecule has 1 heterocycles. The highest BCUT2D eigenvalue weighted by atomic mass is 15.1. The lowest BCUT2D eigenvalue weighted by Crippen LogP contribution is -1.97. The molecule has 60 valence electrons. The van der Waals surface area contributed by atoms with Crippen molar-refractivity contribution < 1.29 is 0 Å². The first-order chi connectivity index (χ1) is 5.38. The lowest BCUT2D eigenvalue weighted by Gasteiger charge is -2.05. The Morgan fingerprint density at radius 2 is 2.18 bits per heavy atom. The number of H-pyrrole nitrogens is 1. The van der Waals surface area contributed by atoms with Crippen molar-refractivity contribution in [1.29, 1.82) is 0 Å². The summed E-state index contributed by atoms with van der Waals surface area (Å²) < 4.78 is 0. The lowest BCUT2D eigenvalue weighted by atomic mass is 10.0. The van der Waals surface area contributed by atoms with E-state index < -0.39 is 0 Å². The molecular weight excluding hydrogens is 138 g/mol. The Bertz CT molecular complexity index is 235. The van der Waals surface area contributed by atoms with Crippen LogP contribution in [0.5, 0.6) is 0 Å². The molecule has 0 radical (unpaired) electrons. The normalized spacial score (nSPS) is 19.3. The molecule has 0 bridgehead atoms. The minimum Gasteiger partial charge on any atom is -0.396 e. The summed E-state index contributed by atoms with van der Waals surface area (Å²) in [7, 11) is 0. The molecule has 1 aromatic rings. The van der Waals surface area contributed by atoms with Crippen LogP contribution in [0.4, 0.5) is 5.69 Å². The number of nitrogens with two attached hydrogens (primary N) is 1. The van der Waals surface area contributed by atoms with Crippen molar-refractivity contribution in [2.24, 2.45) is 0 Å². The molecule has 2 rings (SSSR count). The van der Waals surface area contributed by atoms with E-state index in [0.29, 0.717) is 5.92 Å². The molecule has 0 aromatic carbocycles. The van der Waals surface area contributed by atoms with Gasteiger partial charge < -0.3 is 5.73 Å². The highest BCUT2D eigenvalue weighted by molar-refractivity contribution is 5.42. The fourth-order valence-corrected chi connectivity index (χ4v) is 1.85. The predicted octanol–water partition coefficient (Wildman–Crippen LogP) is 1.65. The summed E-state index contributed by atoms with van der Waals surface area (Å²) in [5, 5.41) is 6.89. The molecule has 1 fully saturated rings. The van der Waals surface area contributed by atoms with Crippen LogP contribution >= 0.6 is 0 Å². The van der Waals surface area contributed by atoms with Gasteiger partial charge in [-0.1, -0.05) is 12.8 Å². The zero-order chi connectivity index (χ0) is 7.68. The van der Waals surface area contributed by atoms with E-state index in [2.05, 4.69) is 10.2 Å². The van der Waals surface area contributed by atoms with Crippen molar-refractivity contribution in [3.05, 3.63) is 11.9 Å². The van der Waals surface area contributed by atoms with Crippen LogP contribution in [-0.2, 0) is 0 Å². The minimum atomic E-state index is 0.650. The van der Waals surface area contributed by atoms with Gasteiger partial charge in [0, 0.05) is 5.92 Å². The summed E-state index contributed by atoms with van der Waals surface area (Å²) in [6.07, 6.45) is 6.92. The summed E-state index contributed by atoms with van der Waals surface area (Å²) >= 11 is 0. The fourth-order valence-electron chi connectivity index (χ4n) is 1.85. The van der Waals surface area contributed by atoms with E-state index in [9.17, 15) is 0 Å². The van der Waals surface area contributed by atoms with Crippen molar-refractivity contribution in [3.63, 3.8) is 0 Å². The number of rotatable bonds is 1. The number of nitrogens with one attached hydrogen (secondary N) is 1. The van der Waals surface area contributed by atoms with E-state index in [1.807, 2.05) is 0 Å². The van der Waals surface area contributed by atoms with Gasteiger partial charge in [0.05, 0.1) is 17.6 Å². The Morgan fingerprint density at radius 3 is 2.73 bits per heavy atom. The zero-order valence-electron chi connectivity index (χ0n) is 6.51. The van der Waals surface area contributed by atoms with Crippen LogP contribution in [0.3, 0.4) is 0 Å². The summed E-state index contributed by atoms with van der Waals surface area (Å²) in [5.41, 5.74) is 7.71. The summed E-state index contributed by atoms with van der Waals surface area (Å²) in [4.78, 5) is 0. The van der Waals surface area contributed by atoms with Gasteiger partial charge in [-0.15, -0.1) is 0 Å². The maximum atomic E-state index is 5.73. The summed E-state index contributed by atoms with van der Waals surface area (Å²) in [6, 6.07) is 0. The van der Waals surface area contributed by atoms with Crippen LogP contribution in [0.1, 0.15) is 37.3 Å². The molecule has 1 aromatic heterocycles. The first-order valence-electron chi connectivity index (χ1n) is 4.16. The minimum absolute atomic E-state index is 0.650. The first-order valence-corrected chi connectivity index (χ1v) is 4.16. The third-order valence-corrected chi connectivity index (χ3v) is 2.46. The largest absolute Gasteiger partial charge is 0.396 e. The second-order valence-electron chi connectivity index (χ2n) is 3.22. The van der Waals surface area contributed by atoms with Crippen molar-refractivity contribution in [1.82, 2.24) is 10.2 Å². The standard InChI is InChI=1S/C8H13N3/c9-7-5-10-11-8(7)6-3-1-2-4-6/h5-6H,1-4,9H2,(H,10,11). The van der Waals surface area contributed by atoms with Crippen molar-refractivity contribution in [2.45, 2.75) is 31.6 Å². The molecule has 3 N–H and O–H groups in total. The van der Waals surface area contributed by atoms with Gasteiger partial charge in [-0.25, -0.2) is 0 Å². The van der Waals surface area contributed by atoms with Crippen molar-refractivity contribution in [2.75, 3.05) is 5.73 Å². The van der Waals surface area contributed by atoms with Crippen LogP contribution in [0, 0.1) is 0 Å². The number of aromatic amines is 1. The van der Waals surface area contributed by atoms with Gasteiger partial charge in [0.1, 0.15) is 0 Å². The Labute approximate surface area is 66.0 Å². The number of hydrogen-bond donors (Lipinski definition) is 2. The Balaban J connectivity index is 2.21. The fraction of sp³-hybridized carbons (Fsp3) is 0.625. The van der Waals surface area contributed by atoms with Gasteiger partial charge in [0.15, 0.2) is 0 Å². The molecule has 0 saturated heterocycles. The maximum absolute atomic E-state index is 5.73. The number of nitrogen functional groups attached to an aromatic ring is 1. The maximum Gasteiger partial charge on any atom is 0.0733 e. The summed E-state index contributed by atoms with van der Waals surface area (Å²) in [5.74, 6) is 0.650. The van der Waals surface area contributed by atoms with Gasteiger partial charge in [0.2, 0.25) is 0 Å². The molecular formula is C8H13N3. The van der Waals surface area contributed by atoms with Crippen LogP contribution < -0.4 is 5.73 Å². The Kier molecular flexibility index (Phi) is 1.56. The van der Waals surface area contributed by atoms with Gasteiger partial charge >= 0.3 is 0 Å². The molecule has 1 aliphatic carbocycles. The smallest absolute Gasteiger partial charge is 0.0733 e. The van der Waals surface area contributed by atoms with Gasteiger partial charge in [-0.05, 0) is 12.8 Å². The Hall–Kier alpha value is -0.990. The molecule has 0 atom stereocenters. The zero-order valence-corrected chi connectivity index (χ0v) is 6.51. The van der Waals surface area contributed by atoms with Gasteiger partial charge in [-0.2, -0.15) is 5.10 Å². The molecule has 1 aliphatic rings. The van der Waals surface area contributed by atoms with Crippen LogP contribution in [0.25, 0.3) is 0 Å². The van der Waals surface area contributed by atoms with Crippen LogP contribution in [0.15, 0.2) is 6.20 Å². The molecule has 3 nitrogen and oxygen atoms in total. The molecule has 0 spiro atoms. The SMILES string of the molecule is Nc1cn[nH]c1C1CCCC1. The predicted molar refractivity (Wildman–Crippen MR) is 44.2 cm³/mol. The van der Waals surface area contributed by atoms with E-state index in [1.165, 1.54) is 25.7 Å². The molecule has 0 amide bonds. The molecule has 0 unspecified atom stereocenters. The highest BCUT2D eigenvalue weighted by Crippen LogP contribution is 2.35. The second kappa shape index (κ2) is 2.57. The van der Waals surface area contributed by atoms with E-state index in [-0.39, 0.29) is 0 Å². The van der Waals surface area contributed by atoms with Crippen LogP contribution in [-0.4, -0.2) is 10.2 Å². The first kappa shape index (κ1) is 6.70. The number of hydrogen-bond acceptors (Lipinski definition) is 2. The Morgan fingerprint density at radius 1 is 1.45 bits per heavy atom. The lowest BCUT2D eigenvalue weighted by molar-refractivity contribution is 0.695. The van der Waals surface area contributed by atoms with Gasteiger partial charge in [-0.3, -0.25) is 5.10 Å². The highest BCUT2D eigenvalue weighted by Gasteiger charge is 2.20. The monoisotopic (exact) mass is 151 g/mol. The van der Waals surface area contributed by atoms with Crippen molar-refractivity contribution >= 4 is 5.69 Å². The molecule has 1 saturated carbocycles. The third kappa shape index (κ3) is 1.11. The van der Waals surface area contributed by atoms with E-state index in [1.54, 1.807) is 6.20 Å². The van der Waals surface area contributed by atoms with E-state index >= 15 is 0 Å². The van der Waals surface area contributed by atoms with Gasteiger partial charge in [0.25, 0.3) is 0 Å². The topological polar surface area (TPSA) is 54.7 Å². The van der Waals surface area contributed by atoms with E-state index in [0.717, 1.165) is 11.4 Å². The third-order valence-electron chi connectivity index (χ3n) is 2.46. The van der Waals surface area contributed by atoms with E-state index in [4.69, 9.17) is 5.73 Å². The summed E-state index contributed by atoms with van der Waals surface area (Å²) in [6.45, 7) is 0. The number of nitrogens with zero attached hydrogens (tertiary/aromatic N) is 1. The quantitative estimate of drug-likeness (QED) is 0.641. The molecule has 0 aliphatic heterocycles.